The van der Waals surface area contributed by atoms with Gasteiger partial charge in [-0.05, 0) is 37.7 Å². The van der Waals surface area contributed by atoms with Gasteiger partial charge in [0.2, 0.25) is 5.91 Å². The van der Waals surface area contributed by atoms with E-state index in [1.807, 2.05) is 4.90 Å². The van der Waals surface area contributed by atoms with Gasteiger partial charge < -0.3 is 9.80 Å². The third-order valence-electron chi connectivity index (χ3n) is 5.21. The first-order valence-corrected chi connectivity index (χ1v) is 8.96. The molecule has 0 aromatic heterocycles. The lowest BCUT2D eigenvalue weighted by molar-refractivity contribution is -0.384. The molecule has 2 fully saturated rings. The molecule has 0 bridgehead atoms. The number of benzene rings is 1. The number of amides is 2. The van der Waals surface area contributed by atoms with Crippen LogP contribution < -0.4 is 0 Å². The maximum atomic E-state index is 13.9. The van der Waals surface area contributed by atoms with Gasteiger partial charge in [0.25, 0.3) is 11.6 Å². The summed E-state index contributed by atoms with van der Waals surface area (Å²) in [6.45, 7) is 2.53. The molecule has 0 aliphatic carbocycles. The van der Waals surface area contributed by atoms with Crippen molar-refractivity contribution in [3.63, 3.8) is 0 Å². The molecule has 0 N–H and O–H groups in total. The van der Waals surface area contributed by atoms with Gasteiger partial charge in [0.05, 0.1) is 10.5 Å². The molecule has 140 valence electrons. The average Bonchev–Trinajstić information content (AvgIpc) is 3.17. The van der Waals surface area contributed by atoms with Crippen LogP contribution in [0.5, 0.6) is 0 Å². The van der Waals surface area contributed by atoms with Crippen LogP contribution in [0, 0.1) is 21.8 Å². The van der Waals surface area contributed by atoms with Gasteiger partial charge >= 0.3 is 0 Å². The van der Waals surface area contributed by atoms with Crippen molar-refractivity contribution in [2.24, 2.45) is 5.92 Å². The SMILES string of the molecule is O=C(CC1CCN(C(=O)c2cc([N+](=O)[O-])ccc2F)CC1)N1CCCC1. The number of carbonyl (C=O) groups is 2. The van der Waals surface area contributed by atoms with Crippen LogP contribution in [-0.4, -0.2) is 52.7 Å². The summed E-state index contributed by atoms with van der Waals surface area (Å²) < 4.78 is 13.9. The molecule has 1 aromatic rings. The molecule has 2 aliphatic heterocycles. The summed E-state index contributed by atoms with van der Waals surface area (Å²) in [5, 5.41) is 10.8. The fraction of sp³-hybridized carbons (Fsp3) is 0.556. The van der Waals surface area contributed by atoms with Gasteiger partial charge in [-0.1, -0.05) is 0 Å². The number of nitro groups is 1. The molecule has 0 unspecified atom stereocenters. The highest BCUT2D eigenvalue weighted by molar-refractivity contribution is 5.95. The highest BCUT2D eigenvalue weighted by atomic mass is 19.1. The number of carbonyl (C=O) groups excluding carboxylic acids is 2. The number of nitrogens with zero attached hydrogens (tertiary/aromatic N) is 3. The van der Waals surface area contributed by atoms with Crippen LogP contribution in [0.2, 0.25) is 0 Å². The molecule has 1 aromatic carbocycles. The first kappa shape index (κ1) is 18.3. The van der Waals surface area contributed by atoms with Crippen molar-refractivity contribution < 1.29 is 18.9 Å². The molecule has 0 radical (unpaired) electrons. The van der Waals surface area contributed by atoms with Crippen molar-refractivity contribution in [2.75, 3.05) is 26.2 Å². The van der Waals surface area contributed by atoms with Crippen molar-refractivity contribution in [3.05, 3.63) is 39.7 Å². The Bertz CT molecular complexity index is 710. The Kier molecular flexibility index (Phi) is 5.49. The van der Waals surface area contributed by atoms with Gasteiger partial charge in [0.15, 0.2) is 0 Å². The van der Waals surface area contributed by atoms with Gasteiger partial charge in [0, 0.05) is 44.7 Å². The van der Waals surface area contributed by atoms with Gasteiger partial charge in [0.1, 0.15) is 5.82 Å². The molecule has 26 heavy (non-hydrogen) atoms. The van der Waals surface area contributed by atoms with E-state index in [0.29, 0.717) is 32.4 Å². The topological polar surface area (TPSA) is 83.8 Å². The largest absolute Gasteiger partial charge is 0.343 e. The fourth-order valence-corrected chi connectivity index (χ4v) is 3.64. The van der Waals surface area contributed by atoms with Gasteiger partial charge in [-0.25, -0.2) is 4.39 Å². The number of rotatable bonds is 4. The predicted molar refractivity (Wildman–Crippen MR) is 92.1 cm³/mol. The number of hydrogen-bond donors (Lipinski definition) is 0. The molecule has 2 aliphatic rings. The van der Waals surface area contributed by atoms with Crippen LogP contribution in [0.3, 0.4) is 0 Å². The second kappa shape index (κ2) is 7.80. The molecule has 7 nitrogen and oxygen atoms in total. The zero-order valence-electron chi connectivity index (χ0n) is 14.5. The van der Waals surface area contributed by atoms with Crippen LogP contribution in [0.15, 0.2) is 18.2 Å². The van der Waals surface area contributed by atoms with E-state index in [-0.39, 0.29) is 23.1 Å². The quantitative estimate of drug-likeness (QED) is 0.608. The zero-order valence-corrected chi connectivity index (χ0v) is 14.5. The van der Waals surface area contributed by atoms with Crippen molar-refractivity contribution in [1.29, 1.82) is 0 Å². The molecule has 0 saturated carbocycles. The summed E-state index contributed by atoms with van der Waals surface area (Å²) in [5.41, 5.74) is -0.577. The third kappa shape index (κ3) is 4.00. The molecule has 3 rings (SSSR count). The molecule has 2 saturated heterocycles. The molecular weight excluding hydrogens is 341 g/mol. The minimum absolute atomic E-state index is 0.178. The number of non-ortho nitro benzene ring substituents is 1. The maximum absolute atomic E-state index is 13.9. The molecule has 2 heterocycles. The van der Waals surface area contributed by atoms with Crippen LogP contribution in [-0.2, 0) is 4.79 Å². The number of likely N-dealkylation sites (tertiary alicyclic amines) is 2. The highest BCUT2D eigenvalue weighted by Crippen LogP contribution is 2.25. The molecule has 0 atom stereocenters. The van der Waals surface area contributed by atoms with E-state index in [4.69, 9.17) is 0 Å². The molecular formula is C18H22FN3O4. The third-order valence-corrected chi connectivity index (χ3v) is 5.21. The van der Waals surface area contributed by atoms with Crippen LogP contribution in [0.25, 0.3) is 0 Å². The molecule has 2 amide bonds. The minimum Gasteiger partial charge on any atom is -0.343 e. The lowest BCUT2D eigenvalue weighted by Crippen LogP contribution is -2.40. The van der Waals surface area contributed by atoms with Gasteiger partial charge in [-0.2, -0.15) is 0 Å². The summed E-state index contributed by atoms with van der Waals surface area (Å²) in [5.74, 6) is -0.887. The average molecular weight is 363 g/mol. The predicted octanol–water partition coefficient (Wildman–Crippen LogP) is 2.60. The van der Waals surface area contributed by atoms with Gasteiger partial charge in [-0.15, -0.1) is 0 Å². The van der Waals surface area contributed by atoms with E-state index >= 15 is 0 Å². The summed E-state index contributed by atoms with van der Waals surface area (Å²) in [6.07, 6.45) is 3.98. The van der Waals surface area contributed by atoms with E-state index in [1.165, 1.54) is 4.90 Å². The Morgan fingerprint density at radius 3 is 2.38 bits per heavy atom. The lowest BCUT2D eigenvalue weighted by Gasteiger charge is -2.32. The van der Waals surface area contributed by atoms with E-state index < -0.39 is 16.6 Å². The lowest BCUT2D eigenvalue weighted by atomic mass is 9.92. The van der Waals surface area contributed by atoms with Crippen molar-refractivity contribution >= 4 is 17.5 Å². The van der Waals surface area contributed by atoms with Gasteiger partial charge in [-0.3, -0.25) is 19.7 Å². The summed E-state index contributed by atoms with van der Waals surface area (Å²) in [6, 6.07) is 2.98. The normalized spacial score (nSPS) is 18.2. The van der Waals surface area contributed by atoms with Crippen LogP contribution >= 0.6 is 0 Å². The van der Waals surface area contributed by atoms with E-state index in [0.717, 1.165) is 44.1 Å². The number of hydrogen-bond acceptors (Lipinski definition) is 4. The number of halogens is 1. The van der Waals surface area contributed by atoms with E-state index in [2.05, 4.69) is 0 Å². The van der Waals surface area contributed by atoms with Crippen LogP contribution in [0.4, 0.5) is 10.1 Å². The van der Waals surface area contributed by atoms with Crippen molar-refractivity contribution in [2.45, 2.75) is 32.1 Å². The Morgan fingerprint density at radius 2 is 1.77 bits per heavy atom. The standard InChI is InChI=1S/C18H22FN3O4/c19-16-4-3-14(22(25)26)12-15(16)18(24)21-9-5-13(6-10-21)11-17(23)20-7-1-2-8-20/h3-4,12-13H,1-2,5-11H2. The zero-order chi connectivity index (χ0) is 18.7. The Balaban J connectivity index is 1.57. The molecule has 0 spiro atoms. The van der Waals surface area contributed by atoms with Crippen molar-refractivity contribution in [3.8, 4) is 0 Å². The first-order valence-electron chi connectivity index (χ1n) is 8.96. The highest BCUT2D eigenvalue weighted by Gasteiger charge is 2.29. The maximum Gasteiger partial charge on any atom is 0.270 e. The van der Waals surface area contributed by atoms with Crippen molar-refractivity contribution in [1.82, 2.24) is 9.80 Å². The summed E-state index contributed by atoms with van der Waals surface area (Å²) >= 11 is 0. The Morgan fingerprint density at radius 1 is 1.12 bits per heavy atom. The number of piperidine rings is 1. The summed E-state index contributed by atoms with van der Waals surface area (Å²) in [7, 11) is 0. The fourth-order valence-electron chi connectivity index (χ4n) is 3.64. The Labute approximate surface area is 150 Å². The monoisotopic (exact) mass is 363 g/mol. The minimum atomic E-state index is -0.757. The van der Waals surface area contributed by atoms with Crippen LogP contribution in [0.1, 0.15) is 42.5 Å². The summed E-state index contributed by atoms with van der Waals surface area (Å²) in [4.78, 5) is 38.4. The molecule has 8 heteroatoms. The second-order valence-corrected chi connectivity index (χ2v) is 6.95. The first-order chi connectivity index (χ1) is 12.5. The Hall–Kier alpha value is -2.51. The van der Waals surface area contributed by atoms with E-state index in [1.54, 1.807) is 0 Å². The second-order valence-electron chi connectivity index (χ2n) is 6.95. The number of nitro benzene ring substituents is 1. The smallest absolute Gasteiger partial charge is 0.270 e. The van der Waals surface area contributed by atoms with E-state index in [9.17, 15) is 24.1 Å².